The lowest BCUT2D eigenvalue weighted by Gasteiger charge is -2.11. The Morgan fingerprint density at radius 3 is 1.90 bits per heavy atom. The molecule has 0 bridgehead atoms. The van der Waals surface area contributed by atoms with Crippen LogP contribution in [0.15, 0.2) is 48.5 Å². The molecule has 164 valence electrons. The Bertz CT molecular complexity index is 724. The first kappa shape index (κ1) is 24.0. The molecule has 3 heteroatoms. The summed E-state index contributed by atoms with van der Waals surface area (Å²) in [6, 6.07) is 15.0. The van der Waals surface area contributed by atoms with Gasteiger partial charge in [-0.3, -0.25) is 0 Å². The van der Waals surface area contributed by atoms with Crippen LogP contribution in [-0.4, -0.2) is 17.7 Å². The highest BCUT2D eigenvalue weighted by Crippen LogP contribution is 2.27. The van der Waals surface area contributed by atoms with Crippen molar-refractivity contribution in [1.29, 1.82) is 0 Å². The molecule has 1 N–H and O–H groups in total. The van der Waals surface area contributed by atoms with E-state index in [1.165, 1.54) is 70.6 Å². The highest BCUT2D eigenvalue weighted by molar-refractivity contribution is 5.96. The number of unbranched alkanes of at least 4 members (excludes halogenated alkanes) is 11. The zero-order chi connectivity index (χ0) is 21.4. The van der Waals surface area contributed by atoms with Gasteiger partial charge in [-0.25, -0.2) is 4.79 Å². The second-order valence-corrected chi connectivity index (χ2v) is 8.12. The molecule has 0 aliphatic heterocycles. The van der Waals surface area contributed by atoms with Crippen LogP contribution in [0.1, 0.15) is 94.3 Å². The van der Waals surface area contributed by atoms with Crippen molar-refractivity contribution in [2.24, 2.45) is 0 Å². The van der Waals surface area contributed by atoms with Gasteiger partial charge in [-0.2, -0.15) is 0 Å². The number of aromatic carboxylic acids is 1. The topological polar surface area (TPSA) is 46.5 Å². The number of hydrogen-bond donors (Lipinski definition) is 1. The third kappa shape index (κ3) is 9.02. The minimum absolute atomic E-state index is 0.286. The highest BCUT2D eigenvalue weighted by atomic mass is 16.5. The van der Waals surface area contributed by atoms with Gasteiger partial charge in [-0.1, -0.05) is 108 Å². The van der Waals surface area contributed by atoms with Gasteiger partial charge >= 0.3 is 5.97 Å². The fourth-order valence-corrected chi connectivity index (χ4v) is 3.79. The lowest BCUT2D eigenvalue weighted by molar-refractivity contribution is 0.0697. The second-order valence-electron chi connectivity index (χ2n) is 8.12. The maximum absolute atomic E-state index is 11.7. The Labute approximate surface area is 182 Å². The first-order chi connectivity index (χ1) is 14.7. The quantitative estimate of drug-likeness (QED) is 0.284. The normalized spacial score (nSPS) is 10.8. The molecule has 0 aliphatic carbocycles. The molecule has 0 radical (unpaired) electrons. The van der Waals surface area contributed by atoms with E-state index < -0.39 is 5.97 Å². The molecule has 3 nitrogen and oxygen atoms in total. The molecule has 0 atom stereocenters. The number of benzene rings is 2. The monoisotopic (exact) mass is 410 g/mol. The van der Waals surface area contributed by atoms with E-state index in [1.807, 2.05) is 42.5 Å². The first-order valence-electron chi connectivity index (χ1n) is 11.8. The molecule has 0 amide bonds. The van der Waals surface area contributed by atoms with E-state index in [4.69, 9.17) is 4.74 Å². The van der Waals surface area contributed by atoms with Crippen LogP contribution in [0.2, 0.25) is 0 Å². The number of hydrogen-bond acceptors (Lipinski definition) is 2. The van der Waals surface area contributed by atoms with Crippen LogP contribution in [0.4, 0.5) is 0 Å². The van der Waals surface area contributed by atoms with Crippen LogP contribution in [0.3, 0.4) is 0 Å². The summed E-state index contributed by atoms with van der Waals surface area (Å²) < 4.78 is 5.82. The fourth-order valence-electron chi connectivity index (χ4n) is 3.79. The number of carboxylic acid groups (broad SMARTS) is 1. The molecular weight excluding hydrogens is 372 g/mol. The van der Waals surface area contributed by atoms with Crippen LogP contribution in [0.25, 0.3) is 11.1 Å². The third-order valence-corrected chi connectivity index (χ3v) is 5.57. The van der Waals surface area contributed by atoms with E-state index in [-0.39, 0.29) is 5.56 Å². The minimum Gasteiger partial charge on any atom is -0.494 e. The van der Waals surface area contributed by atoms with Crippen molar-refractivity contribution in [3.8, 4) is 16.9 Å². The van der Waals surface area contributed by atoms with Crippen molar-refractivity contribution in [2.75, 3.05) is 6.61 Å². The predicted octanol–water partition coefficient (Wildman–Crippen LogP) is 8.13. The molecule has 30 heavy (non-hydrogen) atoms. The Morgan fingerprint density at radius 2 is 1.33 bits per heavy atom. The van der Waals surface area contributed by atoms with Crippen molar-refractivity contribution in [3.05, 3.63) is 54.1 Å². The van der Waals surface area contributed by atoms with Crippen LogP contribution in [0, 0.1) is 0 Å². The molecule has 0 spiro atoms. The van der Waals surface area contributed by atoms with E-state index in [2.05, 4.69) is 6.92 Å². The van der Waals surface area contributed by atoms with Crippen molar-refractivity contribution in [3.63, 3.8) is 0 Å². The Kier molecular flexibility index (Phi) is 11.7. The summed E-state index contributed by atoms with van der Waals surface area (Å²) in [6.45, 7) is 2.90. The van der Waals surface area contributed by atoms with E-state index in [0.717, 1.165) is 17.5 Å². The molecular formula is C27H38O3. The van der Waals surface area contributed by atoms with Crippen molar-refractivity contribution in [1.82, 2.24) is 0 Å². The summed E-state index contributed by atoms with van der Waals surface area (Å²) in [5, 5.41) is 9.58. The third-order valence-electron chi connectivity index (χ3n) is 5.57. The standard InChI is InChI=1S/C27H38O3/c1-2-3-4-5-6-7-8-9-10-11-12-16-21-30-24-19-20-25(26(22-24)27(28)29)23-17-14-13-15-18-23/h13-15,17-20,22H,2-12,16,21H2,1H3,(H,28,29). The van der Waals surface area contributed by atoms with Crippen molar-refractivity contribution in [2.45, 2.75) is 84.0 Å². The zero-order valence-corrected chi connectivity index (χ0v) is 18.6. The van der Waals surface area contributed by atoms with E-state index in [9.17, 15) is 9.90 Å². The van der Waals surface area contributed by atoms with Gasteiger partial charge in [0.05, 0.1) is 12.2 Å². The van der Waals surface area contributed by atoms with Crippen LogP contribution < -0.4 is 4.74 Å². The zero-order valence-electron chi connectivity index (χ0n) is 18.6. The smallest absolute Gasteiger partial charge is 0.336 e. The van der Waals surface area contributed by atoms with Gasteiger partial charge in [0.1, 0.15) is 5.75 Å². The number of ether oxygens (including phenoxy) is 1. The lowest BCUT2D eigenvalue weighted by atomic mass is 9.99. The molecule has 0 heterocycles. The van der Waals surface area contributed by atoms with Gasteiger partial charge in [0, 0.05) is 0 Å². The average molecular weight is 411 g/mol. The maximum atomic E-state index is 11.7. The summed E-state index contributed by atoms with van der Waals surface area (Å²) in [5.41, 5.74) is 1.91. The van der Waals surface area contributed by atoms with Crippen LogP contribution in [-0.2, 0) is 0 Å². The molecule has 0 saturated carbocycles. The summed E-state index contributed by atoms with van der Waals surface area (Å²) >= 11 is 0. The van der Waals surface area contributed by atoms with Gasteiger partial charge < -0.3 is 9.84 Å². The summed E-state index contributed by atoms with van der Waals surface area (Å²) in [7, 11) is 0. The molecule has 0 aromatic heterocycles. The van der Waals surface area contributed by atoms with Crippen LogP contribution >= 0.6 is 0 Å². The molecule has 2 aromatic rings. The Balaban J connectivity index is 1.61. The first-order valence-corrected chi connectivity index (χ1v) is 11.8. The summed E-state index contributed by atoms with van der Waals surface area (Å²) in [6.07, 6.45) is 15.8. The molecule has 2 rings (SSSR count). The van der Waals surface area contributed by atoms with Gasteiger partial charge in [0.2, 0.25) is 0 Å². The maximum Gasteiger partial charge on any atom is 0.336 e. The molecule has 0 saturated heterocycles. The molecule has 0 aliphatic rings. The van der Waals surface area contributed by atoms with Crippen molar-refractivity contribution < 1.29 is 14.6 Å². The molecule has 0 fully saturated rings. The van der Waals surface area contributed by atoms with Gasteiger partial charge in [0.15, 0.2) is 0 Å². The fraction of sp³-hybridized carbons (Fsp3) is 0.519. The predicted molar refractivity (Wildman–Crippen MR) is 125 cm³/mol. The van der Waals surface area contributed by atoms with Crippen LogP contribution in [0.5, 0.6) is 5.75 Å². The molecule has 0 unspecified atom stereocenters. The SMILES string of the molecule is CCCCCCCCCCCCCCOc1ccc(-c2ccccc2)c(C(=O)O)c1. The Morgan fingerprint density at radius 1 is 0.767 bits per heavy atom. The number of rotatable bonds is 16. The Hall–Kier alpha value is -2.29. The average Bonchev–Trinajstić information content (AvgIpc) is 2.77. The summed E-state index contributed by atoms with van der Waals surface area (Å²) in [4.78, 5) is 11.7. The van der Waals surface area contributed by atoms with Gasteiger partial charge in [-0.15, -0.1) is 0 Å². The van der Waals surface area contributed by atoms with Crippen molar-refractivity contribution >= 4 is 5.97 Å². The van der Waals surface area contributed by atoms with E-state index >= 15 is 0 Å². The number of carbonyl (C=O) groups is 1. The number of carboxylic acids is 1. The highest BCUT2D eigenvalue weighted by Gasteiger charge is 2.13. The largest absolute Gasteiger partial charge is 0.494 e. The van der Waals surface area contributed by atoms with E-state index in [1.54, 1.807) is 6.07 Å². The van der Waals surface area contributed by atoms with Gasteiger partial charge in [-0.05, 0) is 35.7 Å². The minimum atomic E-state index is -0.926. The molecule has 2 aromatic carbocycles. The van der Waals surface area contributed by atoms with E-state index in [0.29, 0.717) is 12.4 Å². The lowest BCUT2D eigenvalue weighted by Crippen LogP contribution is -2.02. The van der Waals surface area contributed by atoms with Gasteiger partial charge in [0.25, 0.3) is 0 Å². The summed E-state index contributed by atoms with van der Waals surface area (Å²) in [5.74, 6) is -0.292. The second kappa shape index (κ2) is 14.7.